The minimum atomic E-state index is -1.37. The number of carboxylic acid groups (broad SMARTS) is 1. The van der Waals surface area contributed by atoms with E-state index >= 15 is 0 Å². The van der Waals surface area contributed by atoms with E-state index in [-0.39, 0.29) is 11.2 Å². The highest BCUT2D eigenvalue weighted by atomic mass is 16.4. The van der Waals surface area contributed by atoms with Crippen LogP contribution >= 0.6 is 0 Å². The van der Waals surface area contributed by atoms with Gasteiger partial charge in [0.05, 0.1) is 5.97 Å². The van der Waals surface area contributed by atoms with Crippen molar-refractivity contribution >= 4 is 11.8 Å². The third kappa shape index (κ3) is 3.87. The van der Waals surface area contributed by atoms with E-state index < -0.39 is 5.97 Å². The molecule has 0 fully saturated rings. The molecule has 0 aliphatic heterocycles. The molecule has 0 N–H and O–H groups in total. The molecular formula is C14H15O3-. The van der Waals surface area contributed by atoms with Gasteiger partial charge < -0.3 is 9.90 Å². The number of benzene rings is 1. The fourth-order valence-electron chi connectivity index (χ4n) is 1.37. The minimum Gasteiger partial charge on any atom is -0.545 e. The lowest BCUT2D eigenvalue weighted by molar-refractivity contribution is -0.297. The first-order chi connectivity index (χ1) is 7.80. The van der Waals surface area contributed by atoms with Crippen LogP contribution in [0.25, 0.3) is 0 Å². The van der Waals surface area contributed by atoms with Crippen LogP contribution in [0.15, 0.2) is 36.4 Å². The SMILES string of the molecule is CC(C)(C)c1ccc(C(=O)/C=C/C(=O)[O-])cc1. The number of allylic oxidation sites excluding steroid dienone is 1. The minimum absolute atomic E-state index is 0.0302. The standard InChI is InChI=1S/C14H16O3/c1-14(2,3)11-6-4-10(5-7-11)12(15)8-9-13(16)17/h4-9H,1-3H3,(H,16,17)/p-1/b9-8+. The molecule has 0 aliphatic carbocycles. The van der Waals surface area contributed by atoms with Crippen molar-refractivity contribution in [2.24, 2.45) is 0 Å². The molecule has 3 heteroatoms. The third-order valence-electron chi connectivity index (χ3n) is 2.41. The molecule has 0 radical (unpaired) electrons. The van der Waals surface area contributed by atoms with E-state index in [2.05, 4.69) is 20.8 Å². The summed E-state index contributed by atoms with van der Waals surface area (Å²) >= 11 is 0. The second kappa shape index (κ2) is 4.95. The summed E-state index contributed by atoms with van der Waals surface area (Å²) in [7, 11) is 0. The number of ketones is 1. The number of aliphatic carboxylic acids is 1. The Labute approximate surface area is 101 Å². The van der Waals surface area contributed by atoms with Gasteiger partial charge in [-0.3, -0.25) is 4.79 Å². The van der Waals surface area contributed by atoms with Crippen LogP contribution in [-0.4, -0.2) is 11.8 Å². The average Bonchev–Trinajstić information content (AvgIpc) is 2.25. The number of rotatable bonds is 3. The Kier molecular flexibility index (Phi) is 3.84. The molecule has 0 unspecified atom stereocenters. The van der Waals surface area contributed by atoms with Crippen molar-refractivity contribution in [3.05, 3.63) is 47.5 Å². The van der Waals surface area contributed by atoms with Gasteiger partial charge in [0.2, 0.25) is 0 Å². The van der Waals surface area contributed by atoms with E-state index in [1.54, 1.807) is 12.1 Å². The molecule has 3 nitrogen and oxygen atoms in total. The van der Waals surface area contributed by atoms with Crippen molar-refractivity contribution in [1.82, 2.24) is 0 Å². The molecule has 0 saturated heterocycles. The summed E-state index contributed by atoms with van der Waals surface area (Å²) in [5.74, 6) is -1.71. The molecule has 0 saturated carbocycles. The Bertz CT molecular complexity index is 447. The van der Waals surface area contributed by atoms with Crippen LogP contribution in [0.5, 0.6) is 0 Å². The lowest BCUT2D eigenvalue weighted by Crippen LogP contribution is -2.19. The second-order valence-corrected chi connectivity index (χ2v) is 4.84. The van der Waals surface area contributed by atoms with Gasteiger partial charge in [0.25, 0.3) is 0 Å². The second-order valence-electron chi connectivity index (χ2n) is 4.84. The van der Waals surface area contributed by atoms with Crippen LogP contribution in [0.3, 0.4) is 0 Å². The smallest absolute Gasteiger partial charge is 0.185 e. The fraction of sp³-hybridized carbons (Fsp3) is 0.286. The zero-order valence-corrected chi connectivity index (χ0v) is 10.2. The van der Waals surface area contributed by atoms with E-state index in [1.807, 2.05) is 12.1 Å². The van der Waals surface area contributed by atoms with Gasteiger partial charge in [0.1, 0.15) is 0 Å². The molecular weight excluding hydrogens is 216 g/mol. The summed E-state index contributed by atoms with van der Waals surface area (Å²) < 4.78 is 0. The molecule has 0 aliphatic rings. The zero-order valence-electron chi connectivity index (χ0n) is 10.2. The van der Waals surface area contributed by atoms with Crippen LogP contribution in [0.2, 0.25) is 0 Å². The summed E-state index contributed by atoms with van der Waals surface area (Å²) in [6.07, 6.45) is 1.74. The topological polar surface area (TPSA) is 57.2 Å². The normalized spacial score (nSPS) is 11.7. The van der Waals surface area contributed by atoms with E-state index in [0.717, 1.165) is 17.7 Å². The van der Waals surface area contributed by atoms with Gasteiger partial charge in [-0.25, -0.2) is 0 Å². The molecule has 90 valence electrons. The molecule has 0 heterocycles. The van der Waals surface area contributed by atoms with Crippen molar-refractivity contribution in [3.63, 3.8) is 0 Å². The van der Waals surface area contributed by atoms with Crippen LogP contribution in [0, 0.1) is 0 Å². The lowest BCUT2D eigenvalue weighted by atomic mass is 9.86. The first-order valence-electron chi connectivity index (χ1n) is 5.34. The van der Waals surface area contributed by atoms with Gasteiger partial charge in [0, 0.05) is 5.56 Å². The van der Waals surface area contributed by atoms with Crippen molar-refractivity contribution in [1.29, 1.82) is 0 Å². The molecule has 0 spiro atoms. The number of carbonyl (C=O) groups is 2. The van der Waals surface area contributed by atoms with E-state index in [4.69, 9.17) is 0 Å². The average molecular weight is 231 g/mol. The first-order valence-corrected chi connectivity index (χ1v) is 5.34. The van der Waals surface area contributed by atoms with E-state index in [1.165, 1.54) is 0 Å². The summed E-state index contributed by atoms with van der Waals surface area (Å²) in [5, 5.41) is 10.2. The highest BCUT2D eigenvalue weighted by molar-refractivity contribution is 6.06. The van der Waals surface area contributed by atoms with Crippen molar-refractivity contribution in [2.75, 3.05) is 0 Å². The maximum absolute atomic E-state index is 11.5. The summed E-state index contributed by atoms with van der Waals surface area (Å²) in [6.45, 7) is 6.25. The van der Waals surface area contributed by atoms with Crippen LogP contribution in [0.4, 0.5) is 0 Å². The Morgan fingerprint density at radius 2 is 1.59 bits per heavy atom. The lowest BCUT2D eigenvalue weighted by Gasteiger charge is -2.18. The van der Waals surface area contributed by atoms with Gasteiger partial charge in [-0.15, -0.1) is 0 Å². The fourth-order valence-corrected chi connectivity index (χ4v) is 1.37. The number of carboxylic acids is 1. The van der Waals surface area contributed by atoms with Crippen LogP contribution in [-0.2, 0) is 10.2 Å². The summed E-state index contributed by atoms with van der Waals surface area (Å²) in [4.78, 5) is 21.7. The molecule has 0 amide bonds. The van der Waals surface area contributed by atoms with E-state index in [0.29, 0.717) is 5.56 Å². The molecule has 17 heavy (non-hydrogen) atoms. The quantitative estimate of drug-likeness (QED) is 0.584. The third-order valence-corrected chi connectivity index (χ3v) is 2.41. The van der Waals surface area contributed by atoms with Crippen LogP contribution in [0.1, 0.15) is 36.7 Å². The van der Waals surface area contributed by atoms with Gasteiger partial charge in [-0.05, 0) is 23.1 Å². The molecule has 1 aromatic carbocycles. The predicted octanol–water partition coefficient (Wildman–Crippen LogP) is 1.47. The zero-order chi connectivity index (χ0) is 13.1. The number of carbonyl (C=O) groups excluding carboxylic acids is 2. The predicted molar refractivity (Wildman–Crippen MR) is 63.6 cm³/mol. The highest BCUT2D eigenvalue weighted by Gasteiger charge is 2.13. The monoisotopic (exact) mass is 231 g/mol. The van der Waals surface area contributed by atoms with Gasteiger partial charge in [-0.1, -0.05) is 45.0 Å². The van der Waals surface area contributed by atoms with Crippen molar-refractivity contribution in [3.8, 4) is 0 Å². The van der Waals surface area contributed by atoms with Gasteiger partial charge >= 0.3 is 0 Å². The highest BCUT2D eigenvalue weighted by Crippen LogP contribution is 2.22. The first kappa shape index (κ1) is 13.2. The van der Waals surface area contributed by atoms with Gasteiger partial charge in [-0.2, -0.15) is 0 Å². The van der Waals surface area contributed by atoms with Crippen LogP contribution < -0.4 is 5.11 Å². The molecule has 0 bridgehead atoms. The molecule has 1 aromatic rings. The maximum Gasteiger partial charge on any atom is 0.185 e. The Balaban J connectivity index is 2.88. The summed E-state index contributed by atoms with van der Waals surface area (Å²) in [5.41, 5.74) is 1.62. The Hall–Kier alpha value is -1.90. The van der Waals surface area contributed by atoms with Crippen molar-refractivity contribution in [2.45, 2.75) is 26.2 Å². The number of hydrogen-bond acceptors (Lipinski definition) is 3. The van der Waals surface area contributed by atoms with Gasteiger partial charge in [0.15, 0.2) is 5.78 Å². The molecule has 1 rings (SSSR count). The van der Waals surface area contributed by atoms with E-state index in [9.17, 15) is 14.7 Å². The maximum atomic E-state index is 11.5. The molecule has 0 aromatic heterocycles. The van der Waals surface area contributed by atoms with Crippen molar-refractivity contribution < 1.29 is 14.7 Å². The Morgan fingerprint density at radius 3 is 2.00 bits per heavy atom. The summed E-state index contributed by atoms with van der Waals surface area (Å²) in [6, 6.07) is 7.14. The Morgan fingerprint density at radius 1 is 1.06 bits per heavy atom. The molecule has 0 atom stereocenters. The number of hydrogen-bond donors (Lipinski definition) is 0. The largest absolute Gasteiger partial charge is 0.545 e.